The summed E-state index contributed by atoms with van der Waals surface area (Å²) in [5.41, 5.74) is 7.11. The van der Waals surface area contributed by atoms with Gasteiger partial charge in [0, 0.05) is 16.4 Å². The first kappa shape index (κ1) is 10.0. The molecule has 0 amide bonds. The van der Waals surface area contributed by atoms with Crippen LogP contribution in [-0.2, 0) is 0 Å². The summed E-state index contributed by atoms with van der Waals surface area (Å²) in [7, 11) is 0. The second kappa shape index (κ2) is 3.77. The highest BCUT2D eigenvalue weighted by molar-refractivity contribution is 9.10. The molecule has 1 aliphatic rings. The van der Waals surface area contributed by atoms with E-state index in [-0.39, 0.29) is 12.4 Å². The normalized spacial score (nSPS) is 26.2. The smallest absolute Gasteiger partial charge is 0.0210 e. The van der Waals surface area contributed by atoms with E-state index in [4.69, 9.17) is 5.73 Å². The maximum Gasteiger partial charge on any atom is 0.0210 e. The average Bonchev–Trinajstić information content (AvgIpc) is 2.68. The highest BCUT2D eigenvalue weighted by Gasteiger charge is 2.35. The number of nitrogens with two attached hydrogens (primary N) is 1. The Morgan fingerprint density at radius 1 is 1.33 bits per heavy atom. The van der Waals surface area contributed by atoms with Crippen molar-refractivity contribution in [1.82, 2.24) is 0 Å². The van der Waals surface area contributed by atoms with Crippen molar-refractivity contribution in [2.45, 2.75) is 18.4 Å². The van der Waals surface area contributed by atoms with Crippen molar-refractivity contribution in [2.24, 2.45) is 5.73 Å². The van der Waals surface area contributed by atoms with Gasteiger partial charge >= 0.3 is 0 Å². The maximum atomic E-state index is 5.75. The minimum atomic E-state index is 0. The van der Waals surface area contributed by atoms with Crippen LogP contribution in [0.1, 0.15) is 17.9 Å². The SMILES string of the molecule is Cl.N[C@@H]1CC1c1ccccc1Br. The fourth-order valence-electron chi connectivity index (χ4n) is 1.35. The Balaban J connectivity index is 0.000000720. The quantitative estimate of drug-likeness (QED) is 0.812. The third-order valence-corrected chi connectivity index (χ3v) is 2.87. The molecule has 2 atom stereocenters. The van der Waals surface area contributed by atoms with Gasteiger partial charge in [-0.1, -0.05) is 34.1 Å². The van der Waals surface area contributed by atoms with Crippen molar-refractivity contribution in [3.8, 4) is 0 Å². The molecule has 1 fully saturated rings. The summed E-state index contributed by atoms with van der Waals surface area (Å²) in [6, 6.07) is 8.70. The first-order valence-corrected chi connectivity index (χ1v) is 4.58. The highest BCUT2D eigenvalue weighted by atomic mass is 79.9. The molecule has 66 valence electrons. The van der Waals surface area contributed by atoms with Crippen LogP contribution in [0.3, 0.4) is 0 Å². The summed E-state index contributed by atoms with van der Waals surface area (Å²) in [6.07, 6.45) is 1.14. The summed E-state index contributed by atoms with van der Waals surface area (Å²) in [4.78, 5) is 0. The molecule has 0 heterocycles. The number of rotatable bonds is 1. The molecule has 1 nitrogen and oxygen atoms in total. The van der Waals surface area contributed by atoms with Gasteiger partial charge in [-0.05, 0) is 18.1 Å². The third kappa shape index (κ3) is 1.82. The van der Waals surface area contributed by atoms with Crippen LogP contribution in [-0.4, -0.2) is 6.04 Å². The molecule has 0 saturated heterocycles. The highest BCUT2D eigenvalue weighted by Crippen LogP contribution is 2.41. The van der Waals surface area contributed by atoms with Crippen LogP contribution in [0.4, 0.5) is 0 Å². The van der Waals surface area contributed by atoms with Gasteiger partial charge in [0.1, 0.15) is 0 Å². The fraction of sp³-hybridized carbons (Fsp3) is 0.333. The Hall–Kier alpha value is -0.0500. The zero-order valence-corrected chi connectivity index (χ0v) is 8.94. The second-order valence-corrected chi connectivity index (χ2v) is 3.88. The zero-order chi connectivity index (χ0) is 7.84. The molecule has 0 radical (unpaired) electrons. The molecule has 1 aromatic rings. The van der Waals surface area contributed by atoms with Gasteiger partial charge in [-0.15, -0.1) is 12.4 Å². The van der Waals surface area contributed by atoms with E-state index in [1.54, 1.807) is 0 Å². The minimum Gasteiger partial charge on any atom is -0.327 e. The molecule has 1 aliphatic carbocycles. The van der Waals surface area contributed by atoms with Gasteiger partial charge in [-0.25, -0.2) is 0 Å². The maximum absolute atomic E-state index is 5.75. The van der Waals surface area contributed by atoms with Gasteiger partial charge in [-0.3, -0.25) is 0 Å². The lowest BCUT2D eigenvalue weighted by Crippen LogP contribution is -2.01. The van der Waals surface area contributed by atoms with Gasteiger partial charge in [0.15, 0.2) is 0 Å². The van der Waals surface area contributed by atoms with E-state index in [0.29, 0.717) is 12.0 Å². The standard InChI is InChI=1S/C9H10BrN.ClH/c10-8-4-2-1-3-6(8)7-5-9(7)11;/h1-4,7,9H,5,11H2;1H/t7?,9-;/m1./s1. The molecular formula is C9H11BrClN. The summed E-state index contributed by atoms with van der Waals surface area (Å²) in [5, 5.41) is 0. The summed E-state index contributed by atoms with van der Waals surface area (Å²) < 4.78 is 1.19. The minimum absolute atomic E-state index is 0. The Morgan fingerprint density at radius 2 is 1.92 bits per heavy atom. The van der Waals surface area contributed by atoms with Crippen molar-refractivity contribution >= 4 is 28.3 Å². The van der Waals surface area contributed by atoms with E-state index in [9.17, 15) is 0 Å². The third-order valence-electron chi connectivity index (χ3n) is 2.14. The van der Waals surface area contributed by atoms with Crippen molar-refractivity contribution < 1.29 is 0 Å². The number of benzene rings is 1. The first-order chi connectivity index (χ1) is 5.29. The van der Waals surface area contributed by atoms with Gasteiger partial charge in [0.25, 0.3) is 0 Å². The largest absolute Gasteiger partial charge is 0.327 e. The van der Waals surface area contributed by atoms with E-state index in [1.807, 2.05) is 6.07 Å². The average molecular weight is 249 g/mol. The molecule has 1 saturated carbocycles. The van der Waals surface area contributed by atoms with Crippen LogP contribution < -0.4 is 5.73 Å². The Kier molecular flexibility index (Phi) is 3.16. The molecule has 0 bridgehead atoms. The Bertz CT molecular complexity index is 277. The van der Waals surface area contributed by atoms with Crippen molar-refractivity contribution in [3.63, 3.8) is 0 Å². The van der Waals surface area contributed by atoms with Crippen molar-refractivity contribution in [3.05, 3.63) is 34.3 Å². The summed E-state index contributed by atoms with van der Waals surface area (Å²) >= 11 is 3.51. The Morgan fingerprint density at radius 3 is 2.42 bits per heavy atom. The van der Waals surface area contributed by atoms with Crippen LogP contribution >= 0.6 is 28.3 Å². The van der Waals surface area contributed by atoms with Gasteiger partial charge in [0.2, 0.25) is 0 Å². The van der Waals surface area contributed by atoms with Gasteiger partial charge < -0.3 is 5.73 Å². The molecule has 1 aromatic carbocycles. The van der Waals surface area contributed by atoms with E-state index < -0.39 is 0 Å². The van der Waals surface area contributed by atoms with Crippen LogP contribution in [0.5, 0.6) is 0 Å². The molecule has 12 heavy (non-hydrogen) atoms. The molecule has 2 rings (SSSR count). The van der Waals surface area contributed by atoms with E-state index in [2.05, 4.69) is 34.1 Å². The van der Waals surface area contributed by atoms with Crippen molar-refractivity contribution in [1.29, 1.82) is 0 Å². The topological polar surface area (TPSA) is 26.0 Å². The van der Waals surface area contributed by atoms with E-state index in [0.717, 1.165) is 6.42 Å². The molecule has 2 N–H and O–H groups in total. The molecule has 0 aliphatic heterocycles. The number of halogens is 2. The molecule has 1 unspecified atom stereocenters. The van der Waals surface area contributed by atoms with Crippen molar-refractivity contribution in [2.75, 3.05) is 0 Å². The molecule has 0 spiro atoms. The van der Waals surface area contributed by atoms with E-state index in [1.165, 1.54) is 10.0 Å². The Labute approximate surface area is 86.9 Å². The number of hydrogen-bond acceptors (Lipinski definition) is 1. The predicted octanol–water partition coefficient (Wildman–Crippen LogP) is 2.69. The predicted molar refractivity (Wildman–Crippen MR) is 56.7 cm³/mol. The lowest BCUT2D eigenvalue weighted by molar-refractivity contribution is 0.986. The monoisotopic (exact) mass is 247 g/mol. The molecular weight excluding hydrogens is 237 g/mol. The second-order valence-electron chi connectivity index (χ2n) is 3.03. The van der Waals surface area contributed by atoms with Crippen LogP contribution in [0.15, 0.2) is 28.7 Å². The van der Waals surface area contributed by atoms with Crippen LogP contribution in [0.2, 0.25) is 0 Å². The summed E-state index contributed by atoms with van der Waals surface area (Å²) in [6.45, 7) is 0. The lowest BCUT2D eigenvalue weighted by atomic mass is 10.1. The molecule has 0 aromatic heterocycles. The van der Waals surface area contributed by atoms with E-state index >= 15 is 0 Å². The van der Waals surface area contributed by atoms with Gasteiger partial charge in [0.05, 0.1) is 0 Å². The lowest BCUT2D eigenvalue weighted by Gasteiger charge is -2.00. The van der Waals surface area contributed by atoms with Gasteiger partial charge in [-0.2, -0.15) is 0 Å². The van der Waals surface area contributed by atoms with Crippen LogP contribution in [0, 0.1) is 0 Å². The summed E-state index contributed by atoms with van der Waals surface area (Å²) in [5.74, 6) is 0.602. The fourth-order valence-corrected chi connectivity index (χ4v) is 1.93. The first-order valence-electron chi connectivity index (χ1n) is 3.79. The molecule has 3 heteroatoms. The number of hydrogen-bond donors (Lipinski definition) is 1. The van der Waals surface area contributed by atoms with Crippen LogP contribution in [0.25, 0.3) is 0 Å². The zero-order valence-electron chi connectivity index (χ0n) is 6.53.